The molecule has 0 fully saturated rings. The Hall–Kier alpha value is -3.99. The van der Waals surface area contributed by atoms with E-state index in [0.717, 1.165) is 23.5 Å². The van der Waals surface area contributed by atoms with Crippen LogP contribution in [0.5, 0.6) is 0 Å². The summed E-state index contributed by atoms with van der Waals surface area (Å²) in [5.74, 6) is -3.74. The van der Waals surface area contributed by atoms with Crippen molar-refractivity contribution < 1.29 is 34.2 Å². The molecule has 2 heterocycles. The first-order valence-corrected chi connectivity index (χ1v) is 13.8. The third kappa shape index (κ3) is 10.6. The second-order valence-corrected chi connectivity index (χ2v) is 11.0. The molecule has 2 aromatic rings. The van der Waals surface area contributed by atoms with Crippen molar-refractivity contribution in [3.63, 3.8) is 0 Å². The van der Waals surface area contributed by atoms with Crippen molar-refractivity contribution >= 4 is 64.4 Å². The van der Waals surface area contributed by atoms with E-state index in [1.54, 1.807) is 0 Å². The fraction of sp³-hybridized carbons (Fsp3) is 0.435. The normalized spacial score (nSPS) is 13.8. The smallest absolute Gasteiger partial charge is 0.327 e. The standard InChI is InChI=1S/C23H30N8O7S2/c1-11(32)30-16(22(35)36)8-39-18(20-15(25)7-26-10-29-20)3-14(34)4-19(21-27-5-13(24)6-28-21)40-9-17(23(37)38)31-12(2)33/h5-7,10,16-19H,3-4,8-9,24-25H2,1-2H3,(H,30,32)(H,31,33)(H,35,36)(H,37,38)/t16-,17-,18?,19?/m0/s1. The number of Topliss-reactive ketones (excluding diaryl/α,β-unsaturated/α-hetero) is 1. The average Bonchev–Trinajstić information content (AvgIpc) is 2.87. The van der Waals surface area contributed by atoms with Crippen LogP contribution in [0, 0.1) is 0 Å². The number of nitrogens with two attached hydrogens (primary N) is 2. The van der Waals surface area contributed by atoms with Gasteiger partial charge < -0.3 is 32.3 Å². The lowest BCUT2D eigenvalue weighted by molar-refractivity contribution is -0.141. The number of amides is 2. The maximum Gasteiger partial charge on any atom is 0.327 e. The van der Waals surface area contributed by atoms with Crippen LogP contribution in [-0.4, -0.2) is 83.3 Å². The minimum Gasteiger partial charge on any atom is -0.480 e. The highest BCUT2D eigenvalue weighted by Crippen LogP contribution is 2.37. The second kappa shape index (κ2) is 15.6. The van der Waals surface area contributed by atoms with Crippen LogP contribution in [0.25, 0.3) is 0 Å². The maximum atomic E-state index is 13.3. The zero-order valence-corrected chi connectivity index (χ0v) is 23.3. The van der Waals surface area contributed by atoms with Gasteiger partial charge in [-0.3, -0.25) is 14.4 Å². The van der Waals surface area contributed by atoms with Gasteiger partial charge in [-0.2, -0.15) is 0 Å². The number of ketones is 1. The molecular weight excluding hydrogens is 564 g/mol. The third-order valence-corrected chi connectivity index (χ3v) is 7.79. The summed E-state index contributed by atoms with van der Waals surface area (Å²) in [6, 6.07) is -2.42. The van der Waals surface area contributed by atoms with Crippen LogP contribution in [0.4, 0.5) is 11.4 Å². The number of rotatable bonds is 16. The van der Waals surface area contributed by atoms with Gasteiger partial charge in [0, 0.05) is 38.2 Å². The highest BCUT2D eigenvalue weighted by molar-refractivity contribution is 7.99. The molecule has 0 aliphatic heterocycles. The minimum atomic E-state index is -1.24. The van der Waals surface area contributed by atoms with E-state index in [0.29, 0.717) is 11.4 Å². The summed E-state index contributed by atoms with van der Waals surface area (Å²) in [6.45, 7) is 2.39. The molecule has 0 aromatic carbocycles. The van der Waals surface area contributed by atoms with Gasteiger partial charge in [-0.1, -0.05) is 0 Å². The number of nitrogens with one attached hydrogen (secondary N) is 2. The van der Waals surface area contributed by atoms with Gasteiger partial charge in [0.15, 0.2) is 0 Å². The first-order chi connectivity index (χ1) is 18.9. The molecule has 4 atom stereocenters. The van der Waals surface area contributed by atoms with E-state index in [1.807, 2.05) is 0 Å². The van der Waals surface area contributed by atoms with Crippen LogP contribution in [0.15, 0.2) is 24.9 Å². The Balaban J connectivity index is 2.26. The first-order valence-electron chi connectivity index (χ1n) is 11.7. The Morgan fingerprint density at radius 3 is 1.80 bits per heavy atom. The summed E-state index contributed by atoms with van der Waals surface area (Å²) in [7, 11) is 0. The number of carbonyl (C=O) groups is 5. The third-order valence-electron chi connectivity index (χ3n) is 5.16. The first kappa shape index (κ1) is 32.2. The van der Waals surface area contributed by atoms with Gasteiger partial charge in [-0.15, -0.1) is 23.5 Å². The maximum absolute atomic E-state index is 13.3. The molecule has 0 aliphatic rings. The molecule has 0 spiro atoms. The van der Waals surface area contributed by atoms with Crippen LogP contribution in [-0.2, 0) is 24.0 Å². The number of aliphatic carboxylic acids is 2. The number of nitrogens with zero attached hydrogens (tertiary/aromatic N) is 4. The Labute approximate surface area is 237 Å². The summed E-state index contributed by atoms with van der Waals surface area (Å²) in [5.41, 5.74) is 12.5. The van der Waals surface area contributed by atoms with E-state index >= 15 is 0 Å². The predicted octanol–water partition coefficient (Wildman–Crippen LogP) is 0.208. The Morgan fingerprint density at radius 1 is 0.825 bits per heavy atom. The summed E-state index contributed by atoms with van der Waals surface area (Å²) >= 11 is 2.16. The minimum absolute atomic E-state index is 0.0748. The van der Waals surface area contributed by atoms with Crippen molar-refractivity contribution in [2.45, 2.75) is 49.3 Å². The summed E-state index contributed by atoms with van der Waals surface area (Å²) in [5, 5.41) is 22.2. The number of thioether (sulfide) groups is 2. The highest BCUT2D eigenvalue weighted by atomic mass is 32.2. The number of hydrogen-bond donors (Lipinski definition) is 6. The van der Waals surface area contributed by atoms with Gasteiger partial charge >= 0.3 is 11.9 Å². The lowest BCUT2D eigenvalue weighted by atomic mass is 10.1. The summed E-state index contributed by atoms with van der Waals surface area (Å²) in [4.78, 5) is 75.8. The fourth-order valence-corrected chi connectivity index (χ4v) is 5.89. The molecule has 2 aromatic heterocycles. The van der Waals surface area contributed by atoms with Crippen molar-refractivity contribution in [2.75, 3.05) is 23.0 Å². The molecule has 0 aliphatic carbocycles. The van der Waals surface area contributed by atoms with Crippen molar-refractivity contribution in [1.29, 1.82) is 0 Å². The average molecular weight is 595 g/mol. The lowest BCUT2D eigenvalue weighted by Gasteiger charge is -2.21. The number of nitrogen functional groups attached to an aromatic ring is 2. The quantitative estimate of drug-likeness (QED) is 0.152. The number of carboxylic acid groups (broad SMARTS) is 2. The molecule has 0 saturated heterocycles. The number of aromatic nitrogens is 4. The molecular formula is C23H30N8O7S2. The van der Waals surface area contributed by atoms with Crippen LogP contribution >= 0.6 is 23.5 Å². The van der Waals surface area contributed by atoms with Crippen molar-refractivity contribution in [1.82, 2.24) is 30.6 Å². The predicted molar refractivity (Wildman–Crippen MR) is 148 cm³/mol. The Bertz CT molecular complexity index is 1220. The largest absolute Gasteiger partial charge is 0.480 e. The van der Waals surface area contributed by atoms with Crippen LogP contribution in [0.2, 0.25) is 0 Å². The summed E-state index contributed by atoms with van der Waals surface area (Å²) in [6.07, 6.45) is 5.07. The van der Waals surface area contributed by atoms with Gasteiger partial charge in [0.1, 0.15) is 30.0 Å². The van der Waals surface area contributed by atoms with Crippen LogP contribution in [0.3, 0.4) is 0 Å². The number of anilines is 2. The molecule has 15 nitrogen and oxygen atoms in total. The highest BCUT2D eigenvalue weighted by Gasteiger charge is 2.29. The molecule has 216 valence electrons. The Morgan fingerprint density at radius 2 is 1.32 bits per heavy atom. The molecule has 0 bridgehead atoms. The van der Waals surface area contributed by atoms with Gasteiger partial charge in [0.05, 0.1) is 46.2 Å². The van der Waals surface area contributed by atoms with Crippen molar-refractivity contribution in [3.05, 3.63) is 36.4 Å². The van der Waals surface area contributed by atoms with Gasteiger partial charge in [0.2, 0.25) is 11.8 Å². The molecule has 0 saturated carbocycles. The van der Waals surface area contributed by atoms with E-state index in [2.05, 4.69) is 30.6 Å². The molecule has 17 heteroatoms. The summed E-state index contributed by atoms with van der Waals surface area (Å²) < 4.78 is 0. The van der Waals surface area contributed by atoms with Crippen LogP contribution in [0.1, 0.15) is 48.7 Å². The lowest BCUT2D eigenvalue weighted by Crippen LogP contribution is -2.41. The van der Waals surface area contributed by atoms with E-state index in [9.17, 15) is 34.2 Å². The monoisotopic (exact) mass is 594 g/mol. The second-order valence-electron chi connectivity index (χ2n) is 8.51. The number of carbonyl (C=O) groups excluding carboxylic acids is 3. The van der Waals surface area contributed by atoms with E-state index in [1.165, 1.54) is 38.8 Å². The Kier molecular flexibility index (Phi) is 12.5. The number of hydrogen-bond acceptors (Lipinski definition) is 13. The van der Waals surface area contributed by atoms with E-state index in [-0.39, 0.29) is 41.6 Å². The molecule has 0 radical (unpaired) electrons. The molecule has 2 amide bonds. The zero-order chi connectivity index (χ0) is 29.8. The fourth-order valence-electron chi connectivity index (χ4n) is 3.35. The van der Waals surface area contributed by atoms with Gasteiger partial charge in [-0.05, 0) is 0 Å². The van der Waals surface area contributed by atoms with Gasteiger partial charge in [-0.25, -0.2) is 29.5 Å². The van der Waals surface area contributed by atoms with Gasteiger partial charge in [0.25, 0.3) is 0 Å². The SMILES string of the molecule is CC(=O)N[C@@H](CSC(CC(=O)CC(SC[C@H](NC(C)=O)C(=O)O)c1ncncc1N)c1ncc(N)cn1)C(=O)O. The molecule has 2 rings (SSSR count). The molecule has 40 heavy (non-hydrogen) atoms. The molecule has 2 unspecified atom stereocenters. The van der Waals surface area contributed by atoms with Crippen molar-refractivity contribution in [3.8, 4) is 0 Å². The zero-order valence-electron chi connectivity index (χ0n) is 21.6. The van der Waals surface area contributed by atoms with E-state index < -0.39 is 46.3 Å². The van der Waals surface area contributed by atoms with Crippen LogP contribution < -0.4 is 22.1 Å². The topological polar surface area (TPSA) is 253 Å². The molecule has 8 N–H and O–H groups in total. The number of carboxylic acids is 2. The van der Waals surface area contributed by atoms with Crippen molar-refractivity contribution in [2.24, 2.45) is 0 Å². The van der Waals surface area contributed by atoms with E-state index in [4.69, 9.17) is 11.5 Å².